The third kappa shape index (κ3) is 5.90. The average Bonchev–Trinajstić information content (AvgIpc) is 3.13. The third-order valence-corrected chi connectivity index (χ3v) is 6.22. The van der Waals surface area contributed by atoms with Crippen molar-refractivity contribution < 1.29 is 22.3 Å². The highest BCUT2D eigenvalue weighted by molar-refractivity contribution is 7.90. The Bertz CT molecular complexity index is 1180. The van der Waals surface area contributed by atoms with E-state index in [2.05, 4.69) is 15.0 Å². The normalized spacial score (nSPS) is 11.3. The van der Waals surface area contributed by atoms with Gasteiger partial charge in [-0.3, -0.25) is 14.9 Å². The number of ether oxygens (including phenoxy) is 1. The number of hydrogen-bond acceptors (Lipinski definition) is 6. The molecule has 12 heteroatoms. The molecule has 164 valence electrons. The number of aromatic nitrogens is 1. The van der Waals surface area contributed by atoms with Gasteiger partial charge in [0.25, 0.3) is 0 Å². The Morgan fingerprint density at radius 1 is 1.13 bits per heavy atom. The van der Waals surface area contributed by atoms with Crippen LogP contribution in [-0.2, 0) is 10.2 Å². The van der Waals surface area contributed by atoms with Crippen LogP contribution in [0.2, 0.25) is 0 Å². The quantitative estimate of drug-likeness (QED) is 0.550. The van der Waals surface area contributed by atoms with Crippen molar-refractivity contribution in [3.63, 3.8) is 0 Å². The zero-order valence-corrected chi connectivity index (χ0v) is 18.5. The minimum atomic E-state index is -3.67. The lowest BCUT2D eigenvalue weighted by Crippen LogP contribution is -2.31. The molecule has 3 aromatic rings. The fraction of sp³-hybridized carbons (Fsp3) is 0.158. The minimum Gasteiger partial charge on any atom is -0.445 e. The van der Waals surface area contributed by atoms with Gasteiger partial charge in [0.15, 0.2) is 5.13 Å². The molecule has 3 rings (SSSR count). The topological polar surface area (TPSA) is 104 Å². The Morgan fingerprint density at radius 3 is 2.58 bits per heavy atom. The number of rotatable bonds is 7. The van der Waals surface area contributed by atoms with Crippen molar-refractivity contribution >= 4 is 44.1 Å². The average molecular weight is 466 g/mol. The number of hydrogen-bond donors (Lipinski definition) is 2. The molecule has 0 atom stereocenters. The van der Waals surface area contributed by atoms with E-state index in [1.807, 2.05) is 0 Å². The summed E-state index contributed by atoms with van der Waals surface area (Å²) in [6, 6.07) is 11.6. The van der Waals surface area contributed by atoms with Gasteiger partial charge in [-0.25, -0.2) is 14.2 Å². The van der Waals surface area contributed by atoms with E-state index in [0.29, 0.717) is 22.2 Å². The summed E-state index contributed by atoms with van der Waals surface area (Å²) in [4.78, 5) is 18.0. The summed E-state index contributed by atoms with van der Waals surface area (Å²) in [6.45, 7) is 0. The molecule has 1 heterocycles. The standard InChI is InChI=1S/C19H20FN5O4S2/c1-24(2)31(27,28)23-14-7-5-8-15(11-14)25(3)19(26)22-18-21-12-17(30-18)29-16-9-4-6-13(20)10-16/h4-12,23H,1-3H3,(H,21,22,26). The predicted molar refractivity (Wildman–Crippen MR) is 119 cm³/mol. The second kappa shape index (κ2) is 9.29. The van der Waals surface area contributed by atoms with E-state index in [4.69, 9.17) is 4.74 Å². The molecule has 0 bridgehead atoms. The van der Waals surface area contributed by atoms with Gasteiger partial charge in [-0.15, -0.1) is 0 Å². The number of urea groups is 1. The molecule has 0 aliphatic carbocycles. The van der Waals surface area contributed by atoms with Gasteiger partial charge in [-0.2, -0.15) is 12.7 Å². The van der Waals surface area contributed by atoms with Crippen molar-refractivity contribution in [2.24, 2.45) is 0 Å². The highest BCUT2D eigenvalue weighted by Gasteiger charge is 2.16. The summed E-state index contributed by atoms with van der Waals surface area (Å²) in [5, 5.41) is 3.30. The van der Waals surface area contributed by atoms with E-state index in [9.17, 15) is 17.6 Å². The molecule has 0 aliphatic heterocycles. The first kappa shape index (κ1) is 22.5. The fourth-order valence-electron chi connectivity index (χ4n) is 2.32. The fourth-order valence-corrected chi connectivity index (χ4v) is 3.61. The van der Waals surface area contributed by atoms with Crippen LogP contribution >= 0.6 is 11.3 Å². The van der Waals surface area contributed by atoms with Gasteiger partial charge < -0.3 is 4.74 Å². The first-order valence-electron chi connectivity index (χ1n) is 8.88. The monoisotopic (exact) mass is 465 g/mol. The second-order valence-electron chi connectivity index (χ2n) is 6.47. The van der Waals surface area contributed by atoms with Crippen LogP contribution in [0.1, 0.15) is 0 Å². The van der Waals surface area contributed by atoms with E-state index in [0.717, 1.165) is 15.6 Å². The SMILES string of the molecule is CN(C(=O)Nc1ncc(Oc2cccc(F)c2)s1)c1cccc(NS(=O)(=O)N(C)C)c1. The van der Waals surface area contributed by atoms with Gasteiger partial charge in [0.1, 0.15) is 11.6 Å². The summed E-state index contributed by atoms with van der Waals surface area (Å²) in [6.07, 6.45) is 1.42. The highest BCUT2D eigenvalue weighted by Crippen LogP contribution is 2.31. The van der Waals surface area contributed by atoms with E-state index >= 15 is 0 Å². The number of benzene rings is 2. The van der Waals surface area contributed by atoms with E-state index in [-0.39, 0.29) is 5.13 Å². The summed E-state index contributed by atoms with van der Waals surface area (Å²) < 4.78 is 46.2. The maximum Gasteiger partial charge on any atom is 0.327 e. The lowest BCUT2D eigenvalue weighted by Gasteiger charge is -2.19. The molecule has 0 radical (unpaired) electrons. The van der Waals surface area contributed by atoms with Crippen LogP contribution in [0.4, 0.5) is 25.7 Å². The van der Waals surface area contributed by atoms with Crippen molar-refractivity contribution in [2.45, 2.75) is 0 Å². The van der Waals surface area contributed by atoms with Crippen LogP contribution in [0.15, 0.2) is 54.7 Å². The molecule has 1 aromatic heterocycles. The number of nitrogens with zero attached hydrogens (tertiary/aromatic N) is 3. The first-order valence-corrected chi connectivity index (χ1v) is 11.1. The number of nitrogens with one attached hydrogen (secondary N) is 2. The molecule has 0 unspecified atom stereocenters. The lowest BCUT2D eigenvalue weighted by atomic mass is 10.2. The molecule has 2 N–H and O–H groups in total. The number of thiazole rings is 1. The molecule has 0 aliphatic rings. The zero-order valence-electron chi connectivity index (χ0n) is 16.9. The number of anilines is 3. The lowest BCUT2D eigenvalue weighted by molar-refractivity contribution is 0.258. The number of halogens is 1. The maximum atomic E-state index is 13.3. The summed E-state index contributed by atoms with van der Waals surface area (Å²) in [5.74, 6) is -0.108. The van der Waals surface area contributed by atoms with Crippen LogP contribution in [0, 0.1) is 5.82 Å². The van der Waals surface area contributed by atoms with Gasteiger partial charge in [0.2, 0.25) is 5.06 Å². The number of carbonyl (C=O) groups is 1. The van der Waals surface area contributed by atoms with Crippen LogP contribution in [-0.4, -0.2) is 44.9 Å². The van der Waals surface area contributed by atoms with Crippen molar-refractivity contribution in [3.8, 4) is 10.8 Å². The second-order valence-corrected chi connectivity index (χ2v) is 9.35. The molecule has 2 amide bonds. The Hall–Kier alpha value is -3.22. The van der Waals surface area contributed by atoms with E-state index in [1.54, 1.807) is 24.3 Å². The molecular formula is C19H20FN5O4S2. The molecule has 0 spiro atoms. The Balaban J connectivity index is 1.66. The highest BCUT2D eigenvalue weighted by atomic mass is 32.2. The molecule has 0 fully saturated rings. The van der Waals surface area contributed by atoms with Crippen LogP contribution in [0.3, 0.4) is 0 Å². The van der Waals surface area contributed by atoms with Gasteiger partial charge in [0.05, 0.1) is 11.9 Å². The van der Waals surface area contributed by atoms with Crippen molar-refractivity contribution in [2.75, 3.05) is 36.1 Å². The van der Waals surface area contributed by atoms with Gasteiger partial charge in [-0.05, 0) is 30.3 Å². The number of carbonyl (C=O) groups excluding carboxylic acids is 1. The summed E-state index contributed by atoms with van der Waals surface area (Å²) in [5.41, 5.74) is 0.773. The Kier molecular flexibility index (Phi) is 6.73. The molecule has 0 saturated carbocycles. The van der Waals surface area contributed by atoms with Crippen LogP contribution < -0.4 is 19.7 Å². The molecule has 0 saturated heterocycles. The third-order valence-electron chi connectivity index (χ3n) is 3.98. The molecule has 9 nitrogen and oxygen atoms in total. The van der Waals surface area contributed by atoms with Gasteiger partial charge >= 0.3 is 16.2 Å². The first-order chi connectivity index (χ1) is 14.6. The Labute approximate surface area is 183 Å². The van der Waals surface area contributed by atoms with Crippen molar-refractivity contribution in [1.29, 1.82) is 0 Å². The largest absolute Gasteiger partial charge is 0.445 e. The smallest absolute Gasteiger partial charge is 0.327 e. The molecular weight excluding hydrogens is 445 g/mol. The maximum absolute atomic E-state index is 13.3. The van der Waals surface area contributed by atoms with Crippen LogP contribution in [0.25, 0.3) is 0 Å². The number of amides is 2. The van der Waals surface area contributed by atoms with Crippen molar-refractivity contribution in [3.05, 3.63) is 60.5 Å². The van der Waals surface area contributed by atoms with Crippen LogP contribution in [0.5, 0.6) is 10.8 Å². The summed E-state index contributed by atoms with van der Waals surface area (Å²) >= 11 is 1.08. The predicted octanol–water partition coefficient (Wildman–Crippen LogP) is 3.96. The molecule has 2 aromatic carbocycles. The zero-order chi connectivity index (χ0) is 22.6. The van der Waals surface area contributed by atoms with Gasteiger partial charge in [0, 0.05) is 32.9 Å². The van der Waals surface area contributed by atoms with Gasteiger partial charge in [-0.1, -0.05) is 23.5 Å². The minimum absolute atomic E-state index is 0.285. The van der Waals surface area contributed by atoms with Crippen molar-refractivity contribution in [1.82, 2.24) is 9.29 Å². The van der Waals surface area contributed by atoms with E-state index < -0.39 is 22.1 Å². The molecule has 31 heavy (non-hydrogen) atoms. The Morgan fingerprint density at radius 2 is 1.87 bits per heavy atom. The summed E-state index contributed by atoms with van der Waals surface area (Å²) in [7, 11) is 0.682. The van der Waals surface area contributed by atoms with E-state index in [1.165, 1.54) is 56.5 Å².